The summed E-state index contributed by atoms with van der Waals surface area (Å²) in [5, 5.41) is -0.0128. The molecule has 1 atom stereocenters. The van der Waals surface area contributed by atoms with Crippen molar-refractivity contribution in [1.29, 1.82) is 0 Å². The van der Waals surface area contributed by atoms with Gasteiger partial charge in [0.05, 0.1) is 0 Å². The first-order valence-corrected chi connectivity index (χ1v) is 8.97. The predicted octanol–water partition coefficient (Wildman–Crippen LogP) is 4.66. The molecule has 1 aromatic rings. The molecule has 0 heterocycles. The highest BCUT2D eigenvalue weighted by molar-refractivity contribution is 6.74. The van der Waals surface area contributed by atoms with Gasteiger partial charge in [-0.25, -0.2) is 4.39 Å². The van der Waals surface area contributed by atoms with Gasteiger partial charge in [-0.2, -0.15) is 0 Å². The molecule has 1 unspecified atom stereocenters. The van der Waals surface area contributed by atoms with Gasteiger partial charge >= 0.3 is 0 Å². The maximum absolute atomic E-state index is 14.2. The van der Waals surface area contributed by atoms with E-state index in [1.165, 1.54) is 0 Å². The van der Waals surface area contributed by atoms with Crippen LogP contribution in [0.5, 0.6) is 0 Å². The fourth-order valence-electron chi connectivity index (χ4n) is 1.27. The zero-order valence-corrected chi connectivity index (χ0v) is 12.8. The third-order valence-electron chi connectivity index (χ3n) is 3.52. The number of hydrogen-bond donors (Lipinski definition) is 0. The van der Waals surface area contributed by atoms with Crippen molar-refractivity contribution in [2.75, 3.05) is 0 Å². The molecule has 0 fully saturated rings. The van der Waals surface area contributed by atoms with Gasteiger partial charge in [0, 0.05) is 11.1 Å². The van der Waals surface area contributed by atoms with E-state index in [9.17, 15) is 4.39 Å². The quantitative estimate of drug-likeness (QED) is 0.570. The van der Waals surface area contributed by atoms with Gasteiger partial charge < -0.3 is 4.43 Å². The Labute approximate surface area is 110 Å². The zero-order chi connectivity index (χ0) is 14.0. The molecule has 1 aromatic carbocycles. The average Bonchev–Trinajstić information content (AvgIpc) is 2.27. The van der Waals surface area contributed by atoms with Gasteiger partial charge in [0.25, 0.3) is 0 Å². The van der Waals surface area contributed by atoms with E-state index in [-0.39, 0.29) is 5.04 Å². The molecule has 0 amide bonds. The van der Waals surface area contributed by atoms with Gasteiger partial charge in [-0.15, -0.1) is 6.42 Å². The molecule has 1 rings (SSSR count). The lowest BCUT2D eigenvalue weighted by Crippen LogP contribution is -2.41. The van der Waals surface area contributed by atoms with E-state index in [2.05, 4.69) is 26.7 Å². The molecule has 0 aliphatic carbocycles. The molecule has 98 valence electrons. The van der Waals surface area contributed by atoms with E-state index in [0.717, 1.165) is 0 Å². The van der Waals surface area contributed by atoms with E-state index >= 15 is 0 Å². The Morgan fingerprint density at radius 2 is 1.94 bits per heavy atom. The third kappa shape index (κ3) is 3.44. The lowest BCUT2D eigenvalue weighted by molar-refractivity contribution is 0.0524. The Morgan fingerprint density at radius 3 is 2.44 bits per heavy atom. The van der Waals surface area contributed by atoms with Crippen LogP contribution in [0.2, 0.25) is 18.1 Å². The van der Waals surface area contributed by atoms with Gasteiger partial charge in [0.2, 0.25) is 6.36 Å². The van der Waals surface area contributed by atoms with Crippen molar-refractivity contribution in [3.05, 3.63) is 35.4 Å². The number of rotatable bonds is 3. The first-order chi connectivity index (χ1) is 8.17. The second-order valence-corrected chi connectivity index (χ2v) is 10.7. The monoisotopic (exact) mass is 264 g/mol. The fourth-order valence-corrected chi connectivity index (χ4v) is 2.28. The van der Waals surface area contributed by atoms with Gasteiger partial charge in [-0.05, 0) is 30.3 Å². The molecule has 18 heavy (non-hydrogen) atoms. The van der Waals surface area contributed by atoms with Gasteiger partial charge in [-0.3, -0.25) is 0 Å². The number of halogens is 1. The Morgan fingerprint density at radius 1 is 1.33 bits per heavy atom. The van der Waals surface area contributed by atoms with Crippen LogP contribution in [-0.2, 0) is 4.43 Å². The van der Waals surface area contributed by atoms with Crippen LogP contribution in [0.3, 0.4) is 0 Å². The summed E-state index contributed by atoms with van der Waals surface area (Å²) in [6.45, 7) is 10.3. The molecule has 0 spiro atoms. The molecule has 0 saturated heterocycles. The van der Waals surface area contributed by atoms with Crippen molar-refractivity contribution in [1.82, 2.24) is 0 Å². The van der Waals surface area contributed by atoms with E-state index in [4.69, 9.17) is 10.8 Å². The highest BCUT2D eigenvalue weighted by Gasteiger charge is 2.39. The molecule has 3 heteroatoms. The molecule has 0 radical (unpaired) electrons. The van der Waals surface area contributed by atoms with Gasteiger partial charge in [0.15, 0.2) is 8.32 Å². The highest BCUT2D eigenvalue weighted by atomic mass is 28.4. The van der Waals surface area contributed by atoms with E-state index in [0.29, 0.717) is 11.1 Å². The van der Waals surface area contributed by atoms with Gasteiger partial charge in [0.1, 0.15) is 0 Å². The summed E-state index contributed by atoms with van der Waals surface area (Å²) in [4.78, 5) is 0. The topological polar surface area (TPSA) is 9.23 Å². The fraction of sp³-hybridized carbons (Fsp3) is 0.467. The molecular formula is C15H21FOSi. The number of benzene rings is 1. The summed E-state index contributed by atoms with van der Waals surface area (Å²) in [7, 11) is -2.11. The molecule has 0 aliphatic heterocycles. The van der Waals surface area contributed by atoms with E-state index in [1.54, 1.807) is 24.3 Å². The minimum atomic E-state index is -2.11. The summed E-state index contributed by atoms with van der Waals surface area (Å²) >= 11 is 0. The Bertz CT molecular complexity index is 454. The molecule has 0 aromatic heterocycles. The maximum Gasteiger partial charge on any atom is 0.216 e. The second-order valence-electron chi connectivity index (χ2n) is 5.96. The van der Waals surface area contributed by atoms with Crippen molar-refractivity contribution < 1.29 is 8.82 Å². The van der Waals surface area contributed by atoms with Crippen molar-refractivity contribution in [2.45, 2.75) is 45.3 Å². The minimum Gasteiger partial charge on any atom is -0.385 e. The minimum absolute atomic E-state index is 0.0128. The predicted molar refractivity (Wildman–Crippen MR) is 76.5 cm³/mol. The van der Waals surface area contributed by atoms with Crippen LogP contribution in [0.25, 0.3) is 0 Å². The van der Waals surface area contributed by atoms with Crippen LogP contribution >= 0.6 is 0 Å². The standard InChI is InChI=1S/C15H21FOSi/c1-7-12-9-8-10-13(11-12)14(16)17-18(5,6)15(2,3)4/h1,8-11,14H,2-6H3. The van der Waals surface area contributed by atoms with Crippen molar-refractivity contribution >= 4 is 8.32 Å². The zero-order valence-electron chi connectivity index (χ0n) is 11.8. The first kappa shape index (κ1) is 14.9. The Hall–Kier alpha value is -1.11. The summed E-state index contributed by atoms with van der Waals surface area (Å²) in [5.74, 6) is 2.50. The van der Waals surface area contributed by atoms with Crippen molar-refractivity contribution in [3.8, 4) is 12.3 Å². The summed E-state index contributed by atoms with van der Waals surface area (Å²) in [6, 6.07) is 6.91. The number of hydrogen-bond acceptors (Lipinski definition) is 1. The summed E-state index contributed by atoms with van der Waals surface area (Å²) in [6.07, 6.45) is 3.91. The lowest BCUT2D eigenvalue weighted by atomic mass is 10.1. The SMILES string of the molecule is C#Cc1cccc(C(F)O[Si](C)(C)C(C)(C)C)c1. The van der Waals surface area contributed by atoms with E-state index in [1.807, 2.05) is 13.1 Å². The molecule has 0 aliphatic rings. The molecule has 0 N–H and O–H groups in total. The molecule has 0 saturated carbocycles. The van der Waals surface area contributed by atoms with E-state index < -0.39 is 14.7 Å². The Balaban J connectivity index is 2.89. The van der Waals surface area contributed by atoms with Crippen molar-refractivity contribution in [2.24, 2.45) is 0 Å². The number of alkyl halides is 1. The Kier molecular flexibility index (Phi) is 4.36. The van der Waals surface area contributed by atoms with Crippen LogP contribution in [0.4, 0.5) is 4.39 Å². The highest BCUT2D eigenvalue weighted by Crippen LogP contribution is 2.40. The molecule has 0 bridgehead atoms. The number of terminal acetylenes is 1. The first-order valence-electron chi connectivity index (χ1n) is 6.06. The maximum atomic E-state index is 14.2. The molecular weight excluding hydrogens is 243 g/mol. The summed E-state index contributed by atoms with van der Waals surface area (Å²) in [5.41, 5.74) is 1.17. The van der Waals surface area contributed by atoms with Crippen LogP contribution < -0.4 is 0 Å². The molecule has 1 nitrogen and oxygen atoms in total. The largest absolute Gasteiger partial charge is 0.385 e. The normalized spacial score (nSPS) is 14.1. The summed E-state index contributed by atoms with van der Waals surface area (Å²) < 4.78 is 19.9. The van der Waals surface area contributed by atoms with Crippen LogP contribution in [0.1, 0.15) is 38.3 Å². The van der Waals surface area contributed by atoms with Gasteiger partial charge in [-0.1, -0.05) is 38.8 Å². The average molecular weight is 264 g/mol. The van der Waals surface area contributed by atoms with Crippen molar-refractivity contribution in [3.63, 3.8) is 0 Å². The smallest absolute Gasteiger partial charge is 0.216 e. The third-order valence-corrected chi connectivity index (χ3v) is 7.93. The second kappa shape index (κ2) is 5.25. The lowest BCUT2D eigenvalue weighted by Gasteiger charge is -2.37. The van der Waals surface area contributed by atoms with Crippen LogP contribution in [0.15, 0.2) is 24.3 Å². The van der Waals surface area contributed by atoms with Crippen LogP contribution in [0, 0.1) is 12.3 Å². The van der Waals surface area contributed by atoms with Crippen LogP contribution in [-0.4, -0.2) is 8.32 Å².